The summed E-state index contributed by atoms with van der Waals surface area (Å²) in [7, 11) is 0. The topological polar surface area (TPSA) is 228 Å². The number of amides is 1. The molecule has 0 aromatic rings. The molecule has 14 heteroatoms. The Morgan fingerprint density at radius 3 is 1.11 bits per heavy atom. The zero-order valence-corrected chi connectivity index (χ0v) is 63.2. The second kappa shape index (κ2) is 68.3. The largest absolute Gasteiger partial charge is 0.394 e. The molecule has 0 aromatic heterocycles. The molecule has 14 nitrogen and oxygen atoms in total. The fourth-order valence-electron chi connectivity index (χ4n) is 13.3. The molecule has 2 aliphatic heterocycles. The number of ether oxygens (including phenoxy) is 4. The molecule has 2 fully saturated rings. The first-order valence-corrected chi connectivity index (χ1v) is 41.3. The van der Waals surface area contributed by atoms with Crippen molar-refractivity contribution in [3.8, 4) is 0 Å². The van der Waals surface area contributed by atoms with Gasteiger partial charge in [-0.05, 0) is 77.0 Å². The normalized spacial score (nSPS) is 22.4. The second-order valence-electron chi connectivity index (χ2n) is 28.9. The van der Waals surface area contributed by atoms with Crippen molar-refractivity contribution >= 4 is 5.91 Å². The summed E-state index contributed by atoms with van der Waals surface area (Å²) in [5.74, 6) is -0.245. The van der Waals surface area contributed by atoms with Gasteiger partial charge in [0, 0.05) is 6.42 Å². The van der Waals surface area contributed by atoms with Crippen LogP contribution in [0.3, 0.4) is 0 Å². The van der Waals surface area contributed by atoms with Crippen LogP contribution in [0.1, 0.15) is 354 Å². The van der Waals surface area contributed by atoms with Crippen molar-refractivity contribution in [1.82, 2.24) is 5.32 Å². The maximum atomic E-state index is 13.4. The number of hydrogen-bond acceptors (Lipinski definition) is 13. The van der Waals surface area contributed by atoms with Crippen LogP contribution in [0, 0.1) is 0 Å². The molecule has 576 valence electrons. The third-order valence-corrected chi connectivity index (χ3v) is 19.8. The first kappa shape index (κ1) is 92.3. The van der Waals surface area contributed by atoms with E-state index in [9.17, 15) is 45.6 Å². The Morgan fingerprint density at radius 1 is 0.374 bits per heavy atom. The predicted octanol–water partition coefficient (Wildman–Crippen LogP) is 19.1. The van der Waals surface area contributed by atoms with E-state index in [0.717, 1.165) is 64.2 Å². The highest BCUT2D eigenvalue weighted by Gasteiger charge is 2.51. The summed E-state index contributed by atoms with van der Waals surface area (Å²) in [6, 6.07) is -0.936. The van der Waals surface area contributed by atoms with Crippen LogP contribution in [0.15, 0.2) is 85.1 Å². The van der Waals surface area contributed by atoms with Gasteiger partial charge in [-0.2, -0.15) is 0 Å². The van der Waals surface area contributed by atoms with Crippen molar-refractivity contribution in [3.63, 3.8) is 0 Å². The zero-order valence-electron chi connectivity index (χ0n) is 63.2. The molecule has 0 radical (unpaired) electrons. The van der Waals surface area contributed by atoms with Gasteiger partial charge in [-0.1, -0.05) is 356 Å². The van der Waals surface area contributed by atoms with E-state index in [0.29, 0.717) is 12.8 Å². The number of aliphatic hydroxyl groups is 8. The Bertz CT molecular complexity index is 1990. The van der Waals surface area contributed by atoms with E-state index < -0.39 is 86.8 Å². The lowest BCUT2D eigenvalue weighted by atomic mass is 9.97. The molecule has 0 saturated carbocycles. The third-order valence-electron chi connectivity index (χ3n) is 19.8. The Labute approximate surface area is 605 Å². The Morgan fingerprint density at radius 2 is 0.707 bits per heavy atom. The lowest BCUT2D eigenvalue weighted by molar-refractivity contribution is -0.359. The number of carbonyl (C=O) groups excluding carboxylic acids is 1. The number of rotatable bonds is 69. The van der Waals surface area contributed by atoms with Gasteiger partial charge < -0.3 is 65.1 Å². The summed E-state index contributed by atoms with van der Waals surface area (Å²) in [6.45, 7) is 2.72. The van der Waals surface area contributed by atoms with Gasteiger partial charge in [0.25, 0.3) is 0 Å². The molecule has 2 saturated heterocycles. The minimum Gasteiger partial charge on any atom is -0.394 e. The average Bonchev–Trinajstić information content (AvgIpc) is 0.799. The summed E-state index contributed by atoms with van der Waals surface area (Å²) in [4.78, 5) is 13.4. The molecule has 12 atom stereocenters. The SMILES string of the molecule is CC/C=C\C/C=C\C/C=C\C/C=C\C/C=C\CCCCCCCCCCCCCCCCCCCCCC(=O)NC(COC1OC(CO)C(OC2OC(CO)C(O)C(O)C2O)C(O)C1O)C(O)/C=C/CC/C=C/CCCCCCCCCCCCCCCCCCCCCCCCCC. The summed E-state index contributed by atoms with van der Waals surface area (Å²) < 4.78 is 22.9. The fourth-order valence-corrected chi connectivity index (χ4v) is 13.3. The van der Waals surface area contributed by atoms with E-state index in [-0.39, 0.29) is 18.9 Å². The fraction of sp³-hybridized carbons (Fsp3) is 0.824. The minimum atomic E-state index is -1.79. The molecule has 0 aliphatic carbocycles. The predicted molar refractivity (Wildman–Crippen MR) is 410 cm³/mol. The second-order valence-corrected chi connectivity index (χ2v) is 28.9. The molecule has 0 spiro atoms. The van der Waals surface area contributed by atoms with Gasteiger partial charge in [-0.25, -0.2) is 0 Å². The maximum Gasteiger partial charge on any atom is 0.220 e. The molecule has 9 N–H and O–H groups in total. The van der Waals surface area contributed by atoms with E-state index in [1.165, 1.54) is 257 Å². The number of carbonyl (C=O) groups is 1. The smallest absolute Gasteiger partial charge is 0.220 e. The van der Waals surface area contributed by atoms with Crippen molar-refractivity contribution < 1.29 is 64.6 Å². The highest BCUT2D eigenvalue weighted by Crippen LogP contribution is 2.30. The van der Waals surface area contributed by atoms with Crippen LogP contribution in [0.5, 0.6) is 0 Å². The summed E-state index contributed by atoms with van der Waals surface area (Å²) in [6.07, 6.45) is 79.6. The van der Waals surface area contributed by atoms with Crippen LogP contribution >= 0.6 is 0 Å². The van der Waals surface area contributed by atoms with Gasteiger partial charge in [0.1, 0.15) is 48.8 Å². The van der Waals surface area contributed by atoms with Crippen LogP contribution < -0.4 is 5.32 Å². The van der Waals surface area contributed by atoms with Gasteiger partial charge in [0.05, 0.1) is 32.0 Å². The maximum absolute atomic E-state index is 13.4. The van der Waals surface area contributed by atoms with E-state index in [1.54, 1.807) is 6.08 Å². The van der Waals surface area contributed by atoms with Crippen LogP contribution in [0.4, 0.5) is 0 Å². The zero-order chi connectivity index (χ0) is 71.5. The van der Waals surface area contributed by atoms with Crippen molar-refractivity contribution in [2.75, 3.05) is 19.8 Å². The summed E-state index contributed by atoms with van der Waals surface area (Å²) in [5.41, 5.74) is 0. The number of nitrogens with one attached hydrogen (secondary N) is 1. The van der Waals surface area contributed by atoms with Gasteiger partial charge in [-0.15, -0.1) is 0 Å². The molecule has 2 aliphatic rings. The lowest BCUT2D eigenvalue weighted by Gasteiger charge is -2.46. The standard InChI is InChI=1S/C85H153NO13/c1-3-5-7-9-11-13-15-17-19-21-23-25-27-29-31-33-35-36-37-38-39-41-43-45-47-49-51-53-55-57-59-61-63-65-67-69-77(90)86-73(72-96-84-82(95)80(93)83(76(71-88)98-84)99-85-81(94)79(92)78(91)75(70-87)97-85)74(89)68-66-64-62-60-58-56-54-52-50-48-46-44-42-40-34-32-30-28-26-24-22-20-18-16-14-12-10-8-6-4-2/h5,7,11,13,17,19,23,25,29,31,58,60,66,68,73-76,78-85,87-89,91-95H,3-4,6,8-10,12,14-16,18,20-22,24,26-28,30,32-57,59,61-65,67,69-72H2,1-2H3,(H,86,90)/b7-5-,13-11-,19-17-,25-23-,31-29-,60-58+,68-66+. The highest BCUT2D eigenvalue weighted by molar-refractivity contribution is 5.76. The van der Waals surface area contributed by atoms with Crippen LogP contribution in [-0.4, -0.2) is 140 Å². The van der Waals surface area contributed by atoms with E-state index in [2.05, 4.69) is 92.1 Å². The van der Waals surface area contributed by atoms with Crippen molar-refractivity contribution in [1.29, 1.82) is 0 Å². The number of aliphatic hydroxyl groups excluding tert-OH is 8. The lowest BCUT2D eigenvalue weighted by Crippen LogP contribution is -2.65. The molecule has 12 unspecified atom stereocenters. The van der Waals surface area contributed by atoms with E-state index in [4.69, 9.17) is 18.9 Å². The number of allylic oxidation sites excluding steroid dienone is 13. The van der Waals surface area contributed by atoms with Crippen LogP contribution in [0.25, 0.3) is 0 Å². The van der Waals surface area contributed by atoms with Crippen LogP contribution in [-0.2, 0) is 23.7 Å². The van der Waals surface area contributed by atoms with Crippen molar-refractivity contribution in [3.05, 3.63) is 85.1 Å². The van der Waals surface area contributed by atoms with Gasteiger partial charge in [0.2, 0.25) is 5.91 Å². The first-order chi connectivity index (χ1) is 48.6. The monoisotopic (exact) mass is 1400 g/mol. The molecular weight excluding hydrogens is 1240 g/mol. The number of unbranched alkanes of at least 4 members (excludes halogenated alkanes) is 44. The molecule has 2 rings (SSSR count). The molecule has 2 heterocycles. The van der Waals surface area contributed by atoms with E-state index in [1.807, 2.05) is 6.08 Å². The molecular formula is C85H153NO13. The molecule has 99 heavy (non-hydrogen) atoms. The summed E-state index contributed by atoms with van der Waals surface area (Å²) in [5, 5.41) is 87.7. The Balaban J connectivity index is 1.61. The van der Waals surface area contributed by atoms with Crippen molar-refractivity contribution in [2.24, 2.45) is 0 Å². The Kier molecular flexibility index (Phi) is 63.6. The Hall–Kier alpha value is -2.83. The van der Waals surface area contributed by atoms with Gasteiger partial charge in [0.15, 0.2) is 12.6 Å². The number of hydrogen-bond donors (Lipinski definition) is 9. The molecule has 0 bridgehead atoms. The van der Waals surface area contributed by atoms with Gasteiger partial charge in [-0.3, -0.25) is 4.79 Å². The van der Waals surface area contributed by atoms with Crippen LogP contribution in [0.2, 0.25) is 0 Å². The van der Waals surface area contributed by atoms with E-state index >= 15 is 0 Å². The highest BCUT2D eigenvalue weighted by atomic mass is 16.7. The average molecular weight is 1400 g/mol. The molecule has 0 aromatic carbocycles. The molecule has 1 amide bonds. The third kappa shape index (κ3) is 51.1. The summed E-state index contributed by atoms with van der Waals surface area (Å²) >= 11 is 0. The van der Waals surface area contributed by atoms with Crippen molar-refractivity contribution in [2.45, 2.75) is 428 Å². The quantitative estimate of drug-likeness (QED) is 0.0204. The minimum absolute atomic E-state index is 0.245. The first-order valence-electron chi connectivity index (χ1n) is 41.3. The van der Waals surface area contributed by atoms with Gasteiger partial charge >= 0.3 is 0 Å².